The molecule has 1 spiro atoms. The van der Waals surface area contributed by atoms with Crippen LogP contribution in [0, 0.1) is 23.0 Å². The van der Waals surface area contributed by atoms with Crippen molar-refractivity contribution in [1.82, 2.24) is 10.2 Å². The number of ether oxygens (including phenoxy) is 1. The number of nitrogens with zero attached hydrogens (tertiary/aromatic N) is 1. The largest absolute Gasteiger partial charge is 0.381 e. The van der Waals surface area contributed by atoms with Crippen LogP contribution in [0.4, 0.5) is 8.78 Å². The van der Waals surface area contributed by atoms with E-state index in [1.807, 2.05) is 0 Å². The molecule has 3 aliphatic rings. The zero-order valence-electron chi connectivity index (χ0n) is 16.6. The van der Waals surface area contributed by atoms with Crippen molar-refractivity contribution in [3.63, 3.8) is 0 Å². The number of halogens is 2. The lowest BCUT2D eigenvalue weighted by molar-refractivity contribution is -0.130. The molecular weight excluding hydrogens is 378 g/mol. The summed E-state index contributed by atoms with van der Waals surface area (Å²) in [6.07, 6.45) is 6.88. The van der Waals surface area contributed by atoms with E-state index >= 15 is 0 Å². The molecule has 1 aliphatic carbocycles. The Balaban J connectivity index is 1.53. The van der Waals surface area contributed by atoms with E-state index in [1.165, 1.54) is 6.42 Å². The van der Waals surface area contributed by atoms with Gasteiger partial charge in [0.2, 0.25) is 5.91 Å². The summed E-state index contributed by atoms with van der Waals surface area (Å²) in [6.45, 7) is 1.80. The molecule has 3 fully saturated rings. The van der Waals surface area contributed by atoms with Gasteiger partial charge in [-0.1, -0.05) is 19.3 Å². The number of rotatable bonds is 3. The standard InChI is InChI=1S/C22H28F2N2O3/c23-16-10-15(11-17(24)12-16)21(28)26-13-19(22(14-26)6-8-29-9-7-22)20(27)25-18-4-2-1-3-5-18/h10-12,18-19H,1-9,13-14H2,(H,25,27). The molecule has 0 bridgehead atoms. The maximum absolute atomic E-state index is 13.6. The summed E-state index contributed by atoms with van der Waals surface area (Å²) in [6, 6.07) is 3.06. The summed E-state index contributed by atoms with van der Waals surface area (Å²) >= 11 is 0. The van der Waals surface area contributed by atoms with Gasteiger partial charge in [0.25, 0.3) is 5.91 Å². The quantitative estimate of drug-likeness (QED) is 0.838. The Morgan fingerprint density at radius 2 is 1.69 bits per heavy atom. The van der Waals surface area contributed by atoms with Crippen LogP contribution in [-0.4, -0.2) is 49.1 Å². The zero-order valence-corrected chi connectivity index (χ0v) is 16.6. The van der Waals surface area contributed by atoms with Gasteiger partial charge in [0.15, 0.2) is 0 Å². The average molecular weight is 406 g/mol. The van der Waals surface area contributed by atoms with Crippen LogP contribution in [0.25, 0.3) is 0 Å². The Hall–Kier alpha value is -2.02. The Bertz CT molecular complexity index is 753. The third-order valence-electron chi connectivity index (χ3n) is 6.80. The predicted octanol–water partition coefficient (Wildman–Crippen LogP) is 3.28. The van der Waals surface area contributed by atoms with Crippen LogP contribution in [0.15, 0.2) is 18.2 Å². The van der Waals surface area contributed by atoms with Gasteiger partial charge in [-0.15, -0.1) is 0 Å². The Morgan fingerprint density at radius 3 is 2.34 bits per heavy atom. The fourth-order valence-electron chi connectivity index (χ4n) is 5.18. The smallest absolute Gasteiger partial charge is 0.254 e. The van der Waals surface area contributed by atoms with E-state index in [0.29, 0.717) is 32.6 Å². The van der Waals surface area contributed by atoms with Crippen molar-refractivity contribution in [1.29, 1.82) is 0 Å². The first-order valence-electron chi connectivity index (χ1n) is 10.6. The second kappa shape index (κ2) is 8.38. The summed E-state index contributed by atoms with van der Waals surface area (Å²) < 4.78 is 32.7. The van der Waals surface area contributed by atoms with Crippen molar-refractivity contribution in [2.45, 2.75) is 51.0 Å². The van der Waals surface area contributed by atoms with Crippen molar-refractivity contribution < 1.29 is 23.1 Å². The summed E-state index contributed by atoms with van der Waals surface area (Å²) in [7, 11) is 0. The topological polar surface area (TPSA) is 58.6 Å². The third kappa shape index (κ3) is 4.29. The van der Waals surface area contributed by atoms with Crippen LogP contribution in [0.5, 0.6) is 0 Å². The molecule has 2 saturated heterocycles. The minimum absolute atomic E-state index is 0.000442. The van der Waals surface area contributed by atoms with Gasteiger partial charge in [-0.2, -0.15) is 0 Å². The molecule has 2 amide bonds. The summed E-state index contributed by atoms with van der Waals surface area (Å²) in [5, 5.41) is 3.21. The lowest BCUT2D eigenvalue weighted by Gasteiger charge is -2.37. The second-order valence-electron chi connectivity index (χ2n) is 8.71. The molecule has 1 aromatic rings. The van der Waals surface area contributed by atoms with Crippen LogP contribution in [0.3, 0.4) is 0 Å². The molecule has 4 rings (SSSR count). The van der Waals surface area contributed by atoms with Gasteiger partial charge in [0.1, 0.15) is 11.6 Å². The number of hydrogen-bond acceptors (Lipinski definition) is 3. The molecule has 158 valence electrons. The van der Waals surface area contributed by atoms with E-state index in [1.54, 1.807) is 4.90 Å². The lowest BCUT2D eigenvalue weighted by Crippen LogP contribution is -2.47. The van der Waals surface area contributed by atoms with Crippen molar-refractivity contribution in [2.75, 3.05) is 26.3 Å². The SMILES string of the molecule is O=C(NC1CCCCC1)C1CN(C(=O)c2cc(F)cc(F)c2)CC12CCOCC2. The minimum Gasteiger partial charge on any atom is -0.381 e. The van der Waals surface area contributed by atoms with Gasteiger partial charge in [-0.05, 0) is 37.8 Å². The molecule has 1 atom stereocenters. The third-order valence-corrected chi connectivity index (χ3v) is 6.80. The molecular formula is C22H28F2N2O3. The minimum atomic E-state index is -0.778. The first kappa shape index (κ1) is 20.3. The van der Waals surface area contributed by atoms with Gasteiger partial charge in [0, 0.05) is 49.4 Å². The fraction of sp³-hybridized carbons (Fsp3) is 0.636. The van der Waals surface area contributed by atoms with E-state index in [4.69, 9.17) is 4.74 Å². The highest BCUT2D eigenvalue weighted by atomic mass is 19.1. The number of carbonyl (C=O) groups excluding carboxylic acids is 2. The molecule has 1 saturated carbocycles. The Morgan fingerprint density at radius 1 is 1.03 bits per heavy atom. The molecule has 5 nitrogen and oxygen atoms in total. The van der Waals surface area contributed by atoms with Crippen molar-refractivity contribution in [2.24, 2.45) is 11.3 Å². The average Bonchev–Trinajstić information content (AvgIpc) is 3.06. The van der Waals surface area contributed by atoms with E-state index in [2.05, 4.69) is 5.32 Å². The summed E-state index contributed by atoms with van der Waals surface area (Å²) in [4.78, 5) is 27.7. The number of nitrogens with one attached hydrogen (secondary N) is 1. The normalized spacial score (nSPS) is 24.6. The number of likely N-dealkylation sites (tertiary alicyclic amines) is 1. The van der Waals surface area contributed by atoms with Crippen LogP contribution in [0.2, 0.25) is 0 Å². The number of carbonyl (C=O) groups is 2. The Labute approximate surface area is 169 Å². The molecule has 7 heteroatoms. The highest BCUT2D eigenvalue weighted by molar-refractivity contribution is 5.95. The monoisotopic (exact) mass is 406 g/mol. The second-order valence-corrected chi connectivity index (χ2v) is 8.71. The van der Waals surface area contributed by atoms with Gasteiger partial charge in [-0.3, -0.25) is 9.59 Å². The fourth-order valence-corrected chi connectivity index (χ4v) is 5.18. The highest BCUT2D eigenvalue weighted by Crippen LogP contribution is 2.45. The molecule has 1 aromatic carbocycles. The van der Waals surface area contributed by atoms with Gasteiger partial charge >= 0.3 is 0 Å². The zero-order chi connectivity index (χ0) is 20.4. The van der Waals surface area contributed by atoms with E-state index in [9.17, 15) is 18.4 Å². The predicted molar refractivity (Wildman–Crippen MR) is 103 cm³/mol. The number of hydrogen-bond donors (Lipinski definition) is 1. The van der Waals surface area contributed by atoms with E-state index < -0.39 is 17.5 Å². The van der Waals surface area contributed by atoms with Gasteiger partial charge in [-0.25, -0.2) is 8.78 Å². The molecule has 0 radical (unpaired) electrons. The first-order chi connectivity index (χ1) is 14.0. The van der Waals surface area contributed by atoms with Crippen LogP contribution < -0.4 is 5.32 Å². The van der Waals surface area contributed by atoms with Crippen molar-refractivity contribution in [3.8, 4) is 0 Å². The van der Waals surface area contributed by atoms with E-state index in [-0.39, 0.29) is 35.4 Å². The van der Waals surface area contributed by atoms with Crippen molar-refractivity contribution in [3.05, 3.63) is 35.4 Å². The van der Waals surface area contributed by atoms with Crippen molar-refractivity contribution >= 4 is 11.8 Å². The molecule has 0 aromatic heterocycles. The van der Waals surface area contributed by atoms with Crippen LogP contribution in [-0.2, 0) is 9.53 Å². The first-order valence-corrected chi connectivity index (χ1v) is 10.6. The maximum Gasteiger partial charge on any atom is 0.254 e. The highest BCUT2D eigenvalue weighted by Gasteiger charge is 2.52. The van der Waals surface area contributed by atoms with Gasteiger partial charge < -0.3 is 15.0 Å². The number of benzene rings is 1. The van der Waals surface area contributed by atoms with Crippen LogP contribution in [0.1, 0.15) is 55.3 Å². The molecule has 2 heterocycles. The van der Waals surface area contributed by atoms with Gasteiger partial charge in [0.05, 0.1) is 5.92 Å². The molecule has 1 unspecified atom stereocenters. The number of amides is 2. The molecule has 29 heavy (non-hydrogen) atoms. The molecule has 2 aliphatic heterocycles. The Kier molecular flexibility index (Phi) is 5.86. The summed E-state index contributed by atoms with van der Waals surface area (Å²) in [5.41, 5.74) is -0.350. The maximum atomic E-state index is 13.6. The lowest BCUT2D eigenvalue weighted by atomic mass is 9.71. The summed E-state index contributed by atoms with van der Waals surface area (Å²) in [5.74, 6) is -2.31. The molecule has 1 N–H and O–H groups in total. The van der Waals surface area contributed by atoms with E-state index in [0.717, 1.165) is 43.9 Å². The van der Waals surface area contributed by atoms with Crippen LogP contribution >= 0.6 is 0 Å².